The van der Waals surface area contributed by atoms with Crippen LogP contribution < -0.4 is 0 Å². The molecule has 6 aromatic carbocycles. The summed E-state index contributed by atoms with van der Waals surface area (Å²) in [4.78, 5) is 0. The number of fused-ring (bicyclic) bond motifs is 8. The van der Waals surface area contributed by atoms with Crippen LogP contribution in [0.4, 0.5) is 0 Å². The first kappa shape index (κ1) is 24.3. The second-order valence-electron chi connectivity index (χ2n) is 12.2. The van der Waals surface area contributed by atoms with Crippen LogP contribution in [-0.4, -0.2) is 9.13 Å². The van der Waals surface area contributed by atoms with Crippen molar-refractivity contribution in [2.45, 2.75) is 19.3 Å². The fraction of sp³-hybridized carbons (Fsp3) is 0.0732. The van der Waals surface area contributed by atoms with Crippen LogP contribution in [0.3, 0.4) is 0 Å². The topological polar surface area (TPSA) is 9.86 Å². The molecule has 0 spiro atoms. The minimum absolute atomic E-state index is 0.0523. The molecule has 0 amide bonds. The van der Waals surface area contributed by atoms with Gasteiger partial charge >= 0.3 is 0 Å². The first-order chi connectivity index (χ1) is 21.1. The summed E-state index contributed by atoms with van der Waals surface area (Å²) < 4.78 is 4.87. The van der Waals surface area contributed by atoms with Crippen molar-refractivity contribution in [1.82, 2.24) is 9.13 Å². The average molecular weight is 551 g/mol. The quantitative estimate of drug-likeness (QED) is 0.207. The van der Waals surface area contributed by atoms with E-state index in [0.29, 0.717) is 0 Å². The molecular formula is C41H30N2. The number of aromatic nitrogens is 2. The molecule has 0 N–H and O–H groups in total. The Kier molecular flexibility index (Phi) is 4.99. The first-order valence-corrected chi connectivity index (χ1v) is 15.0. The highest BCUT2D eigenvalue weighted by molar-refractivity contribution is 6.19. The van der Waals surface area contributed by atoms with Crippen LogP contribution in [0, 0.1) is 0 Å². The van der Waals surface area contributed by atoms with Gasteiger partial charge in [0.2, 0.25) is 0 Å². The molecule has 2 heteroatoms. The number of hydrogen-bond donors (Lipinski definition) is 0. The van der Waals surface area contributed by atoms with Crippen molar-refractivity contribution in [2.75, 3.05) is 0 Å². The number of rotatable bonds is 3. The van der Waals surface area contributed by atoms with Crippen molar-refractivity contribution < 1.29 is 0 Å². The largest absolute Gasteiger partial charge is 0.307 e. The lowest BCUT2D eigenvalue weighted by Crippen LogP contribution is -2.16. The van der Waals surface area contributed by atoms with Gasteiger partial charge in [0.25, 0.3) is 0 Å². The Labute approximate surface area is 251 Å². The monoisotopic (exact) mass is 550 g/mol. The third kappa shape index (κ3) is 3.29. The summed E-state index contributed by atoms with van der Waals surface area (Å²) in [5.74, 6) is 0. The summed E-state index contributed by atoms with van der Waals surface area (Å²) >= 11 is 0. The molecule has 0 bridgehead atoms. The van der Waals surface area contributed by atoms with E-state index < -0.39 is 0 Å². The number of nitrogens with zero attached hydrogens (tertiary/aromatic N) is 2. The summed E-state index contributed by atoms with van der Waals surface area (Å²) in [5, 5.41) is 2.50. The second-order valence-corrected chi connectivity index (χ2v) is 12.2. The molecule has 2 nitrogen and oxygen atoms in total. The summed E-state index contributed by atoms with van der Waals surface area (Å²) in [6.07, 6.45) is 0. The smallest absolute Gasteiger partial charge is 0.0803 e. The molecule has 1 aliphatic carbocycles. The van der Waals surface area contributed by atoms with E-state index in [9.17, 15) is 0 Å². The SMILES string of the molecule is CC1(C)c2ccccc2-c2cccc(-c3ccc(-n4c5ccccc5c5c4c4ccccc4n5-c4ccccc4)cc3)c21. The Bertz CT molecular complexity index is 2340. The van der Waals surface area contributed by atoms with Gasteiger partial charge < -0.3 is 9.13 Å². The van der Waals surface area contributed by atoms with Gasteiger partial charge in [-0.15, -0.1) is 0 Å². The first-order valence-electron chi connectivity index (χ1n) is 15.0. The maximum atomic E-state index is 2.45. The van der Waals surface area contributed by atoms with Crippen LogP contribution >= 0.6 is 0 Å². The fourth-order valence-electron chi connectivity index (χ4n) is 7.68. The molecular weight excluding hydrogens is 520 g/mol. The lowest BCUT2D eigenvalue weighted by Gasteiger charge is -2.24. The number of hydrogen-bond acceptors (Lipinski definition) is 0. The molecule has 1 aliphatic rings. The van der Waals surface area contributed by atoms with E-state index in [-0.39, 0.29) is 5.41 Å². The summed E-state index contributed by atoms with van der Waals surface area (Å²) in [6.45, 7) is 4.72. The molecule has 43 heavy (non-hydrogen) atoms. The van der Waals surface area contributed by atoms with E-state index in [1.165, 1.54) is 77.6 Å². The van der Waals surface area contributed by atoms with E-state index in [1.54, 1.807) is 0 Å². The van der Waals surface area contributed by atoms with Crippen molar-refractivity contribution in [3.63, 3.8) is 0 Å². The summed E-state index contributed by atoms with van der Waals surface area (Å²) in [7, 11) is 0. The maximum Gasteiger partial charge on any atom is 0.0803 e. The Morgan fingerprint density at radius 1 is 0.419 bits per heavy atom. The molecule has 0 saturated carbocycles. The third-order valence-electron chi connectivity index (χ3n) is 9.50. The van der Waals surface area contributed by atoms with Crippen LogP contribution in [0.25, 0.3) is 66.5 Å². The fourth-order valence-corrected chi connectivity index (χ4v) is 7.68. The van der Waals surface area contributed by atoms with E-state index in [4.69, 9.17) is 0 Å². The van der Waals surface area contributed by atoms with Gasteiger partial charge in [-0.1, -0.05) is 123 Å². The second kappa shape index (κ2) is 8.83. The molecule has 2 heterocycles. The van der Waals surface area contributed by atoms with Gasteiger partial charge in [-0.2, -0.15) is 0 Å². The minimum Gasteiger partial charge on any atom is -0.307 e. The van der Waals surface area contributed by atoms with Gasteiger partial charge in [0.05, 0.1) is 22.1 Å². The standard InChI is InChI=1S/C41H30N2/c1-41(2)35-20-9-6-15-31(35)32-19-12-18-30(38(32)41)27-23-25-29(26-24-27)43-37-22-11-8-17-34(37)39-40(43)33-16-7-10-21-36(33)42(39)28-13-4-3-5-14-28/h3-26H,1-2H3. The Morgan fingerprint density at radius 3 is 1.60 bits per heavy atom. The lowest BCUT2D eigenvalue weighted by atomic mass is 9.79. The van der Waals surface area contributed by atoms with E-state index in [1.807, 2.05) is 0 Å². The summed E-state index contributed by atoms with van der Waals surface area (Å²) in [5.41, 5.74) is 15.3. The summed E-state index contributed by atoms with van der Waals surface area (Å²) in [6, 6.07) is 53.2. The maximum absolute atomic E-state index is 2.45. The molecule has 0 saturated heterocycles. The van der Waals surface area contributed by atoms with E-state index in [2.05, 4.69) is 169 Å². The van der Waals surface area contributed by atoms with Crippen LogP contribution in [-0.2, 0) is 5.41 Å². The van der Waals surface area contributed by atoms with Gasteiger partial charge in [-0.05, 0) is 69.8 Å². The average Bonchev–Trinajstić information content (AvgIpc) is 3.65. The van der Waals surface area contributed by atoms with Gasteiger partial charge in [0.1, 0.15) is 0 Å². The van der Waals surface area contributed by atoms with Crippen LogP contribution in [0.1, 0.15) is 25.0 Å². The Balaban J connectivity index is 1.27. The van der Waals surface area contributed by atoms with Gasteiger partial charge in [-0.25, -0.2) is 0 Å². The highest BCUT2D eigenvalue weighted by Crippen LogP contribution is 2.52. The van der Waals surface area contributed by atoms with Crippen LogP contribution in [0.2, 0.25) is 0 Å². The number of para-hydroxylation sites is 3. The van der Waals surface area contributed by atoms with E-state index in [0.717, 1.165) is 0 Å². The van der Waals surface area contributed by atoms with Gasteiger partial charge in [0.15, 0.2) is 0 Å². The van der Waals surface area contributed by atoms with Crippen LogP contribution in [0.5, 0.6) is 0 Å². The zero-order chi connectivity index (χ0) is 28.7. The zero-order valence-corrected chi connectivity index (χ0v) is 24.3. The number of benzene rings is 6. The molecule has 204 valence electrons. The van der Waals surface area contributed by atoms with Crippen LogP contribution in [0.15, 0.2) is 146 Å². The third-order valence-corrected chi connectivity index (χ3v) is 9.50. The Hall–Kier alpha value is -5.34. The van der Waals surface area contributed by atoms with Crippen molar-refractivity contribution >= 4 is 32.8 Å². The zero-order valence-electron chi connectivity index (χ0n) is 24.3. The molecule has 0 radical (unpaired) electrons. The molecule has 0 unspecified atom stereocenters. The lowest BCUT2D eigenvalue weighted by molar-refractivity contribution is 0.662. The molecule has 8 aromatic rings. The highest BCUT2D eigenvalue weighted by Gasteiger charge is 2.37. The normalized spacial score (nSPS) is 13.5. The molecule has 9 rings (SSSR count). The van der Waals surface area contributed by atoms with Crippen molar-refractivity contribution in [1.29, 1.82) is 0 Å². The molecule has 2 aromatic heterocycles. The van der Waals surface area contributed by atoms with E-state index >= 15 is 0 Å². The molecule has 0 fully saturated rings. The highest BCUT2D eigenvalue weighted by atomic mass is 15.1. The van der Waals surface area contributed by atoms with Gasteiger partial charge in [-0.3, -0.25) is 0 Å². The van der Waals surface area contributed by atoms with Crippen molar-refractivity contribution in [3.05, 3.63) is 157 Å². The van der Waals surface area contributed by atoms with Gasteiger partial charge in [0, 0.05) is 27.6 Å². The minimum atomic E-state index is -0.0523. The predicted molar refractivity (Wildman–Crippen MR) is 181 cm³/mol. The predicted octanol–water partition coefficient (Wildman–Crippen LogP) is 10.7. The molecule has 0 aliphatic heterocycles. The Morgan fingerprint density at radius 2 is 0.930 bits per heavy atom. The molecule has 0 atom stereocenters. The van der Waals surface area contributed by atoms with Crippen molar-refractivity contribution in [3.8, 4) is 33.6 Å². The van der Waals surface area contributed by atoms with Crippen molar-refractivity contribution in [2.24, 2.45) is 0 Å².